The summed E-state index contributed by atoms with van der Waals surface area (Å²) in [5.74, 6) is 0.242. The topological polar surface area (TPSA) is 42.2 Å². The summed E-state index contributed by atoms with van der Waals surface area (Å²) in [7, 11) is 1.71. The standard InChI is InChI=1S/C14H17NO2/c1-14(2,3)10-7-9-5-6-13(17)15(4)11(9)8-12(10)16/h5-8,16H,1-4H3. The average molecular weight is 231 g/mol. The van der Waals surface area contributed by atoms with Gasteiger partial charge in [-0.15, -0.1) is 0 Å². The number of phenols is 1. The van der Waals surface area contributed by atoms with Crippen molar-refractivity contribution >= 4 is 10.9 Å². The van der Waals surface area contributed by atoms with Crippen LogP contribution in [0.2, 0.25) is 0 Å². The third-order valence-electron chi connectivity index (χ3n) is 3.05. The molecule has 0 aliphatic heterocycles. The van der Waals surface area contributed by atoms with Gasteiger partial charge in [0.25, 0.3) is 5.56 Å². The Hall–Kier alpha value is -1.77. The quantitative estimate of drug-likeness (QED) is 0.757. The molecule has 0 saturated heterocycles. The van der Waals surface area contributed by atoms with Gasteiger partial charge in [-0.3, -0.25) is 4.79 Å². The lowest BCUT2D eigenvalue weighted by atomic mass is 9.85. The largest absolute Gasteiger partial charge is 0.508 e. The molecule has 0 atom stereocenters. The molecule has 90 valence electrons. The van der Waals surface area contributed by atoms with E-state index in [0.29, 0.717) is 0 Å². The van der Waals surface area contributed by atoms with Crippen LogP contribution in [0.25, 0.3) is 10.9 Å². The highest BCUT2D eigenvalue weighted by atomic mass is 16.3. The second-order valence-electron chi connectivity index (χ2n) is 5.41. The SMILES string of the molecule is Cn1c(=O)ccc2cc(C(C)(C)C)c(O)cc21. The smallest absolute Gasteiger partial charge is 0.250 e. The van der Waals surface area contributed by atoms with Crippen LogP contribution in [0, 0.1) is 0 Å². The van der Waals surface area contributed by atoms with Crippen molar-refractivity contribution in [1.29, 1.82) is 0 Å². The maximum absolute atomic E-state index is 11.5. The van der Waals surface area contributed by atoms with Crippen molar-refractivity contribution in [2.75, 3.05) is 0 Å². The van der Waals surface area contributed by atoms with Gasteiger partial charge >= 0.3 is 0 Å². The highest BCUT2D eigenvalue weighted by Crippen LogP contribution is 2.33. The van der Waals surface area contributed by atoms with Gasteiger partial charge in [0.05, 0.1) is 5.52 Å². The van der Waals surface area contributed by atoms with Gasteiger partial charge in [0.1, 0.15) is 5.75 Å². The van der Waals surface area contributed by atoms with Gasteiger partial charge in [-0.25, -0.2) is 0 Å². The number of hydrogen-bond donors (Lipinski definition) is 1. The number of phenolic OH excluding ortho intramolecular Hbond substituents is 1. The molecule has 3 heteroatoms. The van der Waals surface area contributed by atoms with Crippen LogP contribution in [0.4, 0.5) is 0 Å². The highest BCUT2D eigenvalue weighted by Gasteiger charge is 2.19. The molecule has 0 radical (unpaired) electrons. The van der Waals surface area contributed by atoms with E-state index in [1.54, 1.807) is 29.8 Å². The van der Waals surface area contributed by atoms with Crippen molar-refractivity contribution in [3.63, 3.8) is 0 Å². The molecule has 2 aromatic rings. The Labute approximate surface area is 100 Å². The van der Waals surface area contributed by atoms with Gasteiger partial charge < -0.3 is 9.67 Å². The summed E-state index contributed by atoms with van der Waals surface area (Å²) in [5.41, 5.74) is 1.46. The van der Waals surface area contributed by atoms with Crippen LogP contribution in [-0.2, 0) is 12.5 Å². The lowest BCUT2D eigenvalue weighted by molar-refractivity contribution is 0.447. The molecule has 2 rings (SSSR count). The van der Waals surface area contributed by atoms with Crippen LogP contribution >= 0.6 is 0 Å². The normalized spacial score (nSPS) is 12.0. The fraction of sp³-hybridized carbons (Fsp3) is 0.357. The van der Waals surface area contributed by atoms with Crippen molar-refractivity contribution in [1.82, 2.24) is 4.57 Å². The van der Waals surface area contributed by atoms with Gasteiger partial charge in [0, 0.05) is 19.2 Å². The Bertz CT molecular complexity index is 633. The minimum atomic E-state index is -0.118. The van der Waals surface area contributed by atoms with Crippen molar-refractivity contribution in [3.05, 3.63) is 40.2 Å². The molecule has 1 aromatic heterocycles. The molecule has 0 bridgehead atoms. The summed E-state index contributed by atoms with van der Waals surface area (Å²) in [6, 6.07) is 6.96. The van der Waals surface area contributed by atoms with E-state index in [2.05, 4.69) is 20.8 Å². The van der Waals surface area contributed by atoms with E-state index < -0.39 is 0 Å². The molecule has 1 heterocycles. The van der Waals surface area contributed by atoms with Gasteiger partial charge in [0.15, 0.2) is 0 Å². The van der Waals surface area contributed by atoms with Gasteiger partial charge in [0.2, 0.25) is 0 Å². The van der Waals surface area contributed by atoms with Gasteiger partial charge in [-0.2, -0.15) is 0 Å². The van der Waals surface area contributed by atoms with E-state index in [1.165, 1.54) is 0 Å². The van der Waals surface area contributed by atoms with Crippen molar-refractivity contribution in [2.24, 2.45) is 7.05 Å². The summed E-state index contributed by atoms with van der Waals surface area (Å²) >= 11 is 0. The number of aromatic hydroxyl groups is 1. The number of fused-ring (bicyclic) bond motifs is 1. The molecule has 1 aromatic carbocycles. The van der Waals surface area contributed by atoms with E-state index in [-0.39, 0.29) is 16.7 Å². The van der Waals surface area contributed by atoms with Gasteiger partial charge in [-0.1, -0.05) is 20.8 Å². The fourth-order valence-corrected chi connectivity index (χ4v) is 2.01. The van der Waals surface area contributed by atoms with Crippen LogP contribution in [0.15, 0.2) is 29.1 Å². The fourth-order valence-electron chi connectivity index (χ4n) is 2.01. The Balaban J connectivity index is 2.85. The summed E-state index contributed by atoms with van der Waals surface area (Å²) in [4.78, 5) is 11.5. The first-order chi connectivity index (χ1) is 7.80. The van der Waals surface area contributed by atoms with Gasteiger partial charge in [-0.05, 0) is 28.5 Å². The third-order valence-corrected chi connectivity index (χ3v) is 3.05. The Kier molecular flexibility index (Phi) is 2.49. The summed E-state index contributed by atoms with van der Waals surface area (Å²) in [5, 5.41) is 11.0. The second-order valence-corrected chi connectivity index (χ2v) is 5.41. The highest BCUT2D eigenvalue weighted by molar-refractivity contribution is 5.82. The molecule has 0 aliphatic carbocycles. The van der Waals surface area contributed by atoms with Crippen molar-refractivity contribution < 1.29 is 5.11 Å². The number of nitrogens with zero attached hydrogens (tertiary/aromatic N) is 1. The van der Waals surface area contributed by atoms with E-state index >= 15 is 0 Å². The third kappa shape index (κ3) is 1.93. The number of rotatable bonds is 0. The van der Waals surface area contributed by atoms with Crippen molar-refractivity contribution in [2.45, 2.75) is 26.2 Å². The zero-order valence-corrected chi connectivity index (χ0v) is 10.6. The van der Waals surface area contributed by atoms with E-state index in [1.807, 2.05) is 6.07 Å². The predicted molar refractivity (Wildman–Crippen MR) is 69.6 cm³/mol. The Morgan fingerprint density at radius 3 is 2.41 bits per heavy atom. The molecule has 0 unspecified atom stereocenters. The maximum Gasteiger partial charge on any atom is 0.250 e. The molecule has 0 amide bonds. The maximum atomic E-state index is 11.5. The Morgan fingerprint density at radius 2 is 1.82 bits per heavy atom. The summed E-state index contributed by atoms with van der Waals surface area (Å²) in [6.07, 6.45) is 0. The molecular weight excluding hydrogens is 214 g/mol. The zero-order valence-electron chi connectivity index (χ0n) is 10.6. The lowest BCUT2D eigenvalue weighted by Gasteiger charge is -2.21. The number of benzene rings is 1. The number of aryl methyl sites for hydroxylation is 1. The molecule has 0 fully saturated rings. The predicted octanol–water partition coefficient (Wildman–Crippen LogP) is 2.54. The van der Waals surface area contributed by atoms with Crippen LogP contribution in [0.5, 0.6) is 5.75 Å². The van der Waals surface area contributed by atoms with E-state index in [0.717, 1.165) is 16.5 Å². The lowest BCUT2D eigenvalue weighted by Crippen LogP contribution is -2.16. The molecule has 17 heavy (non-hydrogen) atoms. The molecule has 0 spiro atoms. The summed E-state index contributed by atoms with van der Waals surface area (Å²) < 4.78 is 1.54. The van der Waals surface area contributed by atoms with E-state index in [9.17, 15) is 9.90 Å². The first-order valence-corrected chi connectivity index (χ1v) is 5.64. The monoisotopic (exact) mass is 231 g/mol. The molecule has 1 N–H and O–H groups in total. The van der Waals surface area contributed by atoms with Crippen molar-refractivity contribution in [3.8, 4) is 5.75 Å². The van der Waals surface area contributed by atoms with Crippen LogP contribution < -0.4 is 5.56 Å². The van der Waals surface area contributed by atoms with Crippen LogP contribution in [-0.4, -0.2) is 9.67 Å². The zero-order chi connectivity index (χ0) is 12.8. The molecular formula is C14H17NO2. The van der Waals surface area contributed by atoms with Crippen LogP contribution in [0.3, 0.4) is 0 Å². The second kappa shape index (κ2) is 3.62. The number of aromatic nitrogens is 1. The first kappa shape index (κ1) is 11.7. The minimum absolute atomic E-state index is 0.0691. The number of hydrogen-bond acceptors (Lipinski definition) is 2. The summed E-state index contributed by atoms with van der Waals surface area (Å²) in [6.45, 7) is 6.15. The molecule has 3 nitrogen and oxygen atoms in total. The molecule has 0 aliphatic rings. The average Bonchev–Trinajstić information content (AvgIpc) is 2.22. The minimum Gasteiger partial charge on any atom is -0.508 e. The van der Waals surface area contributed by atoms with E-state index in [4.69, 9.17) is 0 Å². The first-order valence-electron chi connectivity index (χ1n) is 5.64. The Morgan fingerprint density at radius 1 is 1.18 bits per heavy atom. The number of pyridine rings is 1. The van der Waals surface area contributed by atoms with Crippen LogP contribution in [0.1, 0.15) is 26.3 Å². The molecule has 0 saturated carbocycles.